The van der Waals surface area contributed by atoms with Crippen LogP contribution in [0, 0.1) is 0 Å². The highest BCUT2D eigenvalue weighted by Gasteiger charge is 2.45. The zero-order valence-corrected chi connectivity index (χ0v) is 18.8. The maximum Gasteiger partial charge on any atom is 0.330 e. The molecular formula is C24H25N3O8. The fraction of sp³-hybridized carbons (Fsp3) is 0.292. The zero-order chi connectivity index (χ0) is 24.9. The average molecular weight is 483 g/mol. The van der Waals surface area contributed by atoms with Crippen molar-refractivity contribution < 1.29 is 29.2 Å². The van der Waals surface area contributed by atoms with Gasteiger partial charge in [-0.15, -0.1) is 0 Å². The minimum Gasteiger partial charge on any atom is -0.457 e. The van der Waals surface area contributed by atoms with Crippen molar-refractivity contribution in [1.29, 1.82) is 0 Å². The number of carbonyl (C=O) groups excluding carboxylic acids is 1. The Balaban J connectivity index is 1.46. The first kappa shape index (κ1) is 24.4. The molecule has 4 atom stereocenters. The Hall–Kier alpha value is -3.77. The quantitative estimate of drug-likeness (QED) is 0.362. The van der Waals surface area contributed by atoms with Crippen molar-refractivity contribution in [2.24, 2.45) is 0 Å². The molecule has 1 fully saturated rings. The second-order valence-corrected chi connectivity index (χ2v) is 7.89. The molecule has 35 heavy (non-hydrogen) atoms. The minimum atomic E-state index is -1.21. The molecule has 0 aliphatic carbocycles. The highest BCUT2D eigenvalue weighted by molar-refractivity contribution is 5.93. The molecule has 11 heteroatoms. The monoisotopic (exact) mass is 483 g/mol. The maximum absolute atomic E-state index is 12.7. The number of aromatic nitrogens is 2. The molecule has 1 aliphatic heterocycles. The first-order valence-electron chi connectivity index (χ1n) is 10.8. The maximum atomic E-state index is 12.7. The van der Waals surface area contributed by atoms with E-state index in [-0.39, 0.29) is 12.1 Å². The Morgan fingerprint density at radius 2 is 1.80 bits per heavy atom. The molecule has 184 valence electrons. The SMILES string of the molecule is CO[C@@H]1[C@@H](O)[C@@H](CO)O[C@H]1n1cc(C(=O)NCc2ccc(Oc3ccccc3)cc2)c(=O)[nH]c1=O. The number of aliphatic hydroxyl groups is 2. The Bertz CT molecular complexity index is 1270. The van der Waals surface area contributed by atoms with Crippen LogP contribution in [0.3, 0.4) is 0 Å². The van der Waals surface area contributed by atoms with Crippen LogP contribution in [0.5, 0.6) is 11.5 Å². The fourth-order valence-electron chi connectivity index (χ4n) is 3.76. The molecule has 2 heterocycles. The Morgan fingerprint density at radius 3 is 2.46 bits per heavy atom. The highest BCUT2D eigenvalue weighted by atomic mass is 16.6. The van der Waals surface area contributed by atoms with Crippen molar-refractivity contribution in [3.8, 4) is 11.5 Å². The first-order valence-corrected chi connectivity index (χ1v) is 10.8. The normalized spacial score (nSPS) is 21.6. The number of amides is 1. The minimum absolute atomic E-state index is 0.120. The fourth-order valence-corrected chi connectivity index (χ4v) is 3.76. The molecule has 0 bridgehead atoms. The predicted molar refractivity (Wildman–Crippen MR) is 123 cm³/mol. The first-order chi connectivity index (χ1) is 16.9. The third-order valence-electron chi connectivity index (χ3n) is 5.61. The predicted octanol–water partition coefficient (Wildman–Crippen LogP) is 0.524. The van der Waals surface area contributed by atoms with E-state index < -0.39 is 48.3 Å². The third kappa shape index (κ3) is 5.33. The van der Waals surface area contributed by atoms with Crippen molar-refractivity contribution in [2.45, 2.75) is 31.1 Å². The third-order valence-corrected chi connectivity index (χ3v) is 5.61. The number of nitrogens with one attached hydrogen (secondary N) is 2. The molecule has 0 unspecified atom stereocenters. The summed E-state index contributed by atoms with van der Waals surface area (Å²) in [5.41, 5.74) is -1.29. The zero-order valence-electron chi connectivity index (χ0n) is 18.8. The van der Waals surface area contributed by atoms with Crippen molar-refractivity contribution in [3.63, 3.8) is 0 Å². The van der Waals surface area contributed by atoms with Gasteiger partial charge in [0.25, 0.3) is 11.5 Å². The van der Waals surface area contributed by atoms with E-state index in [2.05, 4.69) is 10.3 Å². The summed E-state index contributed by atoms with van der Waals surface area (Å²) >= 11 is 0. The molecule has 11 nitrogen and oxygen atoms in total. The lowest BCUT2D eigenvalue weighted by Gasteiger charge is -2.20. The molecule has 4 N–H and O–H groups in total. The number of methoxy groups -OCH3 is 1. The number of rotatable bonds is 8. The Kier molecular flexibility index (Phi) is 7.42. The van der Waals surface area contributed by atoms with E-state index in [1.807, 2.05) is 30.3 Å². The second-order valence-electron chi connectivity index (χ2n) is 7.89. The van der Waals surface area contributed by atoms with E-state index in [0.717, 1.165) is 16.3 Å². The number of carbonyl (C=O) groups is 1. The summed E-state index contributed by atoms with van der Waals surface area (Å²) in [6, 6.07) is 16.4. The van der Waals surface area contributed by atoms with Crippen molar-refractivity contribution in [2.75, 3.05) is 13.7 Å². The van der Waals surface area contributed by atoms with Gasteiger partial charge in [0.2, 0.25) is 0 Å². The summed E-state index contributed by atoms with van der Waals surface area (Å²) in [5.74, 6) is 0.612. The lowest BCUT2D eigenvalue weighted by Crippen LogP contribution is -2.41. The molecule has 1 amide bonds. The molecule has 1 aliphatic rings. The molecule has 4 rings (SSSR count). The van der Waals surface area contributed by atoms with E-state index in [1.54, 1.807) is 24.3 Å². The van der Waals surface area contributed by atoms with Gasteiger partial charge in [-0.2, -0.15) is 0 Å². The lowest BCUT2D eigenvalue weighted by atomic mass is 10.1. The van der Waals surface area contributed by atoms with Gasteiger partial charge < -0.3 is 29.7 Å². The van der Waals surface area contributed by atoms with E-state index in [4.69, 9.17) is 14.2 Å². The summed E-state index contributed by atoms with van der Waals surface area (Å²) in [5, 5.41) is 22.3. The van der Waals surface area contributed by atoms with Crippen LogP contribution in [0.2, 0.25) is 0 Å². The van der Waals surface area contributed by atoms with Crippen LogP contribution >= 0.6 is 0 Å². The molecule has 0 radical (unpaired) electrons. The number of nitrogens with zero attached hydrogens (tertiary/aromatic N) is 1. The van der Waals surface area contributed by atoms with Gasteiger partial charge in [-0.25, -0.2) is 4.79 Å². The standard InChI is InChI=1S/C24H25N3O8/c1-33-20-19(29)18(13-28)35-23(20)27-12-17(22(31)26-24(27)32)21(30)25-11-14-7-9-16(10-8-14)34-15-5-3-2-4-6-15/h2-10,12,18-20,23,28-29H,11,13H2,1H3,(H,25,30)(H,26,31,32)/t18-,19+,20-,23-/m1/s1. The van der Waals surface area contributed by atoms with Gasteiger partial charge in [-0.3, -0.25) is 19.1 Å². The van der Waals surface area contributed by atoms with E-state index in [0.29, 0.717) is 11.5 Å². The Morgan fingerprint density at radius 1 is 1.11 bits per heavy atom. The number of hydrogen-bond acceptors (Lipinski definition) is 8. The highest BCUT2D eigenvalue weighted by Crippen LogP contribution is 2.30. The summed E-state index contributed by atoms with van der Waals surface area (Å²) in [6.45, 7) is -0.382. The van der Waals surface area contributed by atoms with Crippen LogP contribution < -0.4 is 21.3 Å². The van der Waals surface area contributed by atoms with Gasteiger partial charge in [0, 0.05) is 19.9 Å². The average Bonchev–Trinajstić information content (AvgIpc) is 3.19. The van der Waals surface area contributed by atoms with Gasteiger partial charge in [0.05, 0.1) is 6.61 Å². The van der Waals surface area contributed by atoms with Crippen LogP contribution in [0.25, 0.3) is 0 Å². The number of benzene rings is 2. The topological polar surface area (TPSA) is 152 Å². The van der Waals surface area contributed by atoms with E-state index >= 15 is 0 Å². The van der Waals surface area contributed by atoms with E-state index in [9.17, 15) is 24.6 Å². The summed E-state index contributed by atoms with van der Waals surface area (Å²) < 4.78 is 17.4. The molecular weight excluding hydrogens is 458 g/mol. The summed E-state index contributed by atoms with van der Waals surface area (Å²) in [4.78, 5) is 39.5. The second kappa shape index (κ2) is 10.7. The summed E-state index contributed by atoms with van der Waals surface area (Å²) in [7, 11) is 1.31. The van der Waals surface area contributed by atoms with Gasteiger partial charge >= 0.3 is 5.69 Å². The number of hydrogen-bond donors (Lipinski definition) is 4. The number of aliphatic hydroxyl groups excluding tert-OH is 2. The smallest absolute Gasteiger partial charge is 0.330 e. The van der Waals surface area contributed by atoms with Crippen molar-refractivity contribution in [1.82, 2.24) is 14.9 Å². The van der Waals surface area contributed by atoms with Crippen LogP contribution in [-0.4, -0.2) is 57.7 Å². The number of para-hydroxylation sites is 1. The van der Waals surface area contributed by atoms with Crippen LogP contribution in [0.4, 0.5) is 0 Å². The molecule has 0 spiro atoms. The molecule has 3 aromatic rings. The molecule has 2 aromatic carbocycles. The van der Waals surface area contributed by atoms with Crippen LogP contribution in [0.15, 0.2) is 70.4 Å². The van der Waals surface area contributed by atoms with Gasteiger partial charge in [0.1, 0.15) is 35.4 Å². The van der Waals surface area contributed by atoms with Crippen LogP contribution in [-0.2, 0) is 16.0 Å². The molecule has 1 aromatic heterocycles. The van der Waals surface area contributed by atoms with E-state index in [1.165, 1.54) is 7.11 Å². The van der Waals surface area contributed by atoms with Gasteiger partial charge in [-0.05, 0) is 29.8 Å². The van der Waals surface area contributed by atoms with Crippen molar-refractivity contribution in [3.05, 3.63) is 92.8 Å². The number of H-pyrrole nitrogens is 1. The molecule has 0 saturated carbocycles. The van der Waals surface area contributed by atoms with Gasteiger partial charge in [0.15, 0.2) is 6.23 Å². The summed E-state index contributed by atoms with van der Waals surface area (Å²) in [6.07, 6.45) is -3.30. The largest absolute Gasteiger partial charge is 0.457 e. The lowest BCUT2D eigenvalue weighted by molar-refractivity contribution is -0.0626. The van der Waals surface area contributed by atoms with Crippen molar-refractivity contribution >= 4 is 5.91 Å². The molecule has 1 saturated heterocycles. The number of ether oxygens (including phenoxy) is 3. The Labute approximate surface area is 199 Å². The number of aromatic amines is 1. The van der Waals surface area contributed by atoms with Crippen LogP contribution in [0.1, 0.15) is 22.1 Å². The van der Waals surface area contributed by atoms with Gasteiger partial charge in [-0.1, -0.05) is 30.3 Å².